The maximum atomic E-state index is 9.32. The Morgan fingerprint density at radius 3 is 2.76 bits per heavy atom. The standard InChI is InChI=1S/C17H16ClN3/c1-11(12-5-7-15(18)8-6-12)20-17-14(10-19)9-13-3-2-4-16(13)21-17/h5-9,11H,2-4H2,1H3,(H,20,21). The van der Waals surface area contributed by atoms with Gasteiger partial charge < -0.3 is 5.32 Å². The fourth-order valence-corrected chi connectivity index (χ4v) is 2.83. The molecule has 0 bridgehead atoms. The minimum atomic E-state index is 0.0707. The van der Waals surface area contributed by atoms with Crippen LogP contribution in [0.4, 0.5) is 5.82 Å². The normalized spacial score (nSPS) is 14.3. The highest BCUT2D eigenvalue weighted by molar-refractivity contribution is 6.30. The van der Waals surface area contributed by atoms with Crippen LogP contribution in [0.15, 0.2) is 30.3 Å². The molecule has 4 heteroatoms. The number of rotatable bonds is 3. The summed E-state index contributed by atoms with van der Waals surface area (Å²) < 4.78 is 0. The van der Waals surface area contributed by atoms with Crippen molar-refractivity contribution in [1.82, 2.24) is 4.98 Å². The van der Waals surface area contributed by atoms with Crippen LogP contribution < -0.4 is 5.32 Å². The van der Waals surface area contributed by atoms with Gasteiger partial charge in [0, 0.05) is 16.8 Å². The van der Waals surface area contributed by atoms with E-state index in [2.05, 4.69) is 23.3 Å². The molecule has 1 aromatic heterocycles. The second-order valence-corrected chi connectivity index (χ2v) is 5.81. The van der Waals surface area contributed by atoms with Crippen molar-refractivity contribution in [2.24, 2.45) is 0 Å². The molecule has 1 N–H and O–H groups in total. The summed E-state index contributed by atoms with van der Waals surface area (Å²) in [7, 11) is 0. The molecule has 2 aromatic rings. The summed E-state index contributed by atoms with van der Waals surface area (Å²) in [4.78, 5) is 4.65. The zero-order valence-electron chi connectivity index (χ0n) is 11.9. The molecule has 1 atom stereocenters. The average molecular weight is 298 g/mol. The van der Waals surface area contributed by atoms with Crippen LogP contribution in [0.5, 0.6) is 0 Å². The number of nitrogens with one attached hydrogen (secondary N) is 1. The van der Waals surface area contributed by atoms with Crippen LogP contribution >= 0.6 is 11.6 Å². The molecule has 3 rings (SSSR count). The fraction of sp³-hybridized carbons (Fsp3) is 0.294. The molecule has 0 saturated heterocycles. The van der Waals surface area contributed by atoms with Gasteiger partial charge in [-0.1, -0.05) is 23.7 Å². The first-order valence-corrected chi connectivity index (χ1v) is 7.50. The number of aromatic nitrogens is 1. The Morgan fingerprint density at radius 2 is 2.05 bits per heavy atom. The lowest BCUT2D eigenvalue weighted by Gasteiger charge is -2.17. The first kappa shape index (κ1) is 13.9. The van der Waals surface area contributed by atoms with E-state index >= 15 is 0 Å². The van der Waals surface area contributed by atoms with Crippen LogP contribution in [0.3, 0.4) is 0 Å². The van der Waals surface area contributed by atoms with Crippen molar-refractivity contribution in [2.45, 2.75) is 32.2 Å². The molecule has 106 valence electrons. The Bertz CT molecular complexity index is 701. The van der Waals surface area contributed by atoms with Gasteiger partial charge >= 0.3 is 0 Å². The molecule has 0 aliphatic heterocycles. The molecule has 1 aliphatic carbocycles. The van der Waals surface area contributed by atoms with Crippen molar-refractivity contribution in [1.29, 1.82) is 5.26 Å². The van der Waals surface area contributed by atoms with Crippen molar-refractivity contribution < 1.29 is 0 Å². The lowest BCUT2D eigenvalue weighted by Crippen LogP contribution is -2.10. The van der Waals surface area contributed by atoms with Crippen molar-refractivity contribution in [3.63, 3.8) is 0 Å². The number of benzene rings is 1. The van der Waals surface area contributed by atoms with Crippen LogP contribution in [0.25, 0.3) is 0 Å². The summed E-state index contributed by atoms with van der Waals surface area (Å²) in [6, 6.07) is 12.0. The second kappa shape index (κ2) is 5.75. The molecule has 0 spiro atoms. The van der Waals surface area contributed by atoms with Gasteiger partial charge in [-0.2, -0.15) is 5.26 Å². The molecule has 1 aromatic carbocycles. The maximum Gasteiger partial charge on any atom is 0.144 e. The van der Waals surface area contributed by atoms with E-state index in [1.54, 1.807) is 0 Å². The quantitative estimate of drug-likeness (QED) is 0.920. The number of hydrogen-bond acceptors (Lipinski definition) is 3. The van der Waals surface area contributed by atoms with Crippen LogP contribution in [0.1, 0.15) is 41.8 Å². The minimum absolute atomic E-state index is 0.0707. The molecular weight excluding hydrogens is 282 g/mol. The predicted molar refractivity (Wildman–Crippen MR) is 84.5 cm³/mol. The molecule has 0 saturated carbocycles. The van der Waals surface area contributed by atoms with Gasteiger partial charge in [0.25, 0.3) is 0 Å². The highest BCUT2D eigenvalue weighted by atomic mass is 35.5. The molecule has 21 heavy (non-hydrogen) atoms. The molecule has 3 nitrogen and oxygen atoms in total. The van der Waals surface area contributed by atoms with E-state index < -0.39 is 0 Å². The van der Waals surface area contributed by atoms with E-state index in [4.69, 9.17) is 11.6 Å². The number of aryl methyl sites for hydroxylation is 2. The van der Waals surface area contributed by atoms with Crippen LogP contribution in [-0.4, -0.2) is 4.98 Å². The predicted octanol–water partition coefficient (Wildman–Crippen LogP) is 4.27. The van der Waals surface area contributed by atoms with Crippen molar-refractivity contribution >= 4 is 17.4 Å². The van der Waals surface area contributed by atoms with E-state index in [-0.39, 0.29) is 6.04 Å². The maximum absolute atomic E-state index is 9.32. The smallest absolute Gasteiger partial charge is 0.144 e. The molecular formula is C17H16ClN3. The molecule has 0 fully saturated rings. The van der Waals surface area contributed by atoms with Crippen molar-refractivity contribution in [3.8, 4) is 6.07 Å². The molecule has 1 unspecified atom stereocenters. The monoisotopic (exact) mass is 297 g/mol. The lowest BCUT2D eigenvalue weighted by atomic mass is 10.1. The largest absolute Gasteiger partial charge is 0.362 e. The number of hydrogen-bond donors (Lipinski definition) is 1. The van der Waals surface area contributed by atoms with E-state index in [0.29, 0.717) is 11.4 Å². The summed E-state index contributed by atoms with van der Waals surface area (Å²) in [5.74, 6) is 0.681. The van der Waals surface area contributed by atoms with E-state index in [1.807, 2.05) is 30.3 Å². The highest BCUT2D eigenvalue weighted by Crippen LogP contribution is 2.27. The highest BCUT2D eigenvalue weighted by Gasteiger charge is 2.17. The van der Waals surface area contributed by atoms with Gasteiger partial charge in [-0.3, -0.25) is 0 Å². The van der Waals surface area contributed by atoms with Crippen LogP contribution in [0, 0.1) is 11.3 Å². The minimum Gasteiger partial charge on any atom is -0.362 e. The number of nitriles is 1. The SMILES string of the molecule is CC(Nc1nc2c(cc1C#N)CCC2)c1ccc(Cl)cc1. The first-order valence-electron chi connectivity index (χ1n) is 7.12. The zero-order chi connectivity index (χ0) is 14.8. The Morgan fingerprint density at radius 1 is 1.29 bits per heavy atom. The third-order valence-corrected chi connectivity index (χ3v) is 4.15. The second-order valence-electron chi connectivity index (χ2n) is 5.37. The number of pyridine rings is 1. The number of nitrogens with zero attached hydrogens (tertiary/aromatic N) is 2. The summed E-state index contributed by atoms with van der Waals surface area (Å²) in [6.45, 7) is 2.05. The molecule has 1 heterocycles. The van der Waals surface area contributed by atoms with Gasteiger partial charge in [0.15, 0.2) is 0 Å². The summed E-state index contributed by atoms with van der Waals surface area (Å²) >= 11 is 5.91. The number of halogens is 1. The summed E-state index contributed by atoms with van der Waals surface area (Å²) in [5, 5.41) is 13.4. The Balaban J connectivity index is 1.87. The van der Waals surface area contributed by atoms with Gasteiger partial charge in [-0.25, -0.2) is 4.98 Å². The lowest BCUT2D eigenvalue weighted by molar-refractivity contribution is 0.864. The molecule has 1 aliphatic rings. The van der Waals surface area contributed by atoms with Crippen LogP contribution in [-0.2, 0) is 12.8 Å². The number of anilines is 1. The molecule has 0 radical (unpaired) electrons. The van der Waals surface area contributed by atoms with Gasteiger partial charge in [0.1, 0.15) is 11.9 Å². The first-order chi connectivity index (χ1) is 10.2. The zero-order valence-corrected chi connectivity index (χ0v) is 12.6. The Hall–Kier alpha value is -2.05. The third-order valence-electron chi connectivity index (χ3n) is 3.89. The van der Waals surface area contributed by atoms with Crippen LogP contribution in [0.2, 0.25) is 5.02 Å². The summed E-state index contributed by atoms with van der Waals surface area (Å²) in [5.41, 5.74) is 4.08. The molecule has 0 amide bonds. The average Bonchev–Trinajstić information content (AvgIpc) is 2.94. The van der Waals surface area contributed by atoms with Crippen molar-refractivity contribution in [2.75, 3.05) is 5.32 Å². The van der Waals surface area contributed by atoms with Crippen molar-refractivity contribution in [3.05, 3.63) is 57.7 Å². The summed E-state index contributed by atoms with van der Waals surface area (Å²) in [6.07, 6.45) is 3.17. The van der Waals surface area contributed by atoms with Gasteiger partial charge in [-0.05, 0) is 55.5 Å². The third kappa shape index (κ3) is 2.86. The van der Waals surface area contributed by atoms with Gasteiger partial charge in [0.05, 0.1) is 5.56 Å². The van der Waals surface area contributed by atoms with E-state index in [1.165, 1.54) is 5.56 Å². The topological polar surface area (TPSA) is 48.7 Å². The van der Waals surface area contributed by atoms with Gasteiger partial charge in [0.2, 0.25) is 0 Å². The van der Waals surface area contributed by atoms with E-state index in [9.17, 15) is 5.26 Å². The number of fused-ring (bicyclic) bond motifs is 1. The Labute approximate surface area is 129 Å². The Kier molecular flexibility index (Phi) is 3.81. The fourth-order valence-electron chi connectivity index (χ4n) is 2.71. The van der Waals surface area contributed by atoms with Gasteiger partial charge in [-0.15, -0.1) is 0 Å². The van der Waals surface area contributed by atoms with E-state index in [0.717, 1.165) is 35.5 Å².